The lowest BCUT2D eigenvalue weighted by molar-refractivity contribution is -0.336. The molecule has 262 valence electrons. The number of carbonyl (C=O) groups excluding carboxylic acids is 1. The molecule has 10 heteroatoms. The summed E-state index contributed by atoms with van der Waals surface area (Å²) in [5.41, 5.74) is -2.12. The lowest BCUT2D eigenvalue weighted by atomic mass is 9.34. The Bertz CT molecular complexity index is 1250. The Morgan fingerprint density at radius 3 is 2.17 bits per heavy atom. The average Bonchev–Trinajstić information content (AvgIpc) is 2.95. The summed E-state index contributed by atoms with van der Waals surface area (Å²) in [6.45, 7) is 17.9. The van der Waals surface area contributed by atoms with Crippen molar-refractivity contribution in [2.75, 3.05) is 6.61 Å². The zero-order chi connectivity index (χ0) is 34.5. The van der Waals surface area contributed by atoms with Crippen molar-refractivity contribution in [1.29, 1.82) is 0 Å². The van der Waals surface area contributed by atoms with Gasteiger partial charge in [-0.05, 0) is 71.0 Å². The van der Waals surface area contributed by atoms with Crippen molar-refractivity contribution in [3.63, 3.8) is 0 Å². The van der Waals surface area contributed by atoms with Crippen molar-refractivity contribution in [1.82, 2.24) is 0 Å². The summed E-state index contributed by atoms with van der Waals surface area (Å²) in [4.78, 5) is 27.5. The monoisotopic (exact) mass is 650 g/mol. The highest BCUT2D eigenvalue weighted by Crippen LogP contribution is 2.73. The van der Waals surface area contributed by atoms with Gasteiger partial charge in [-0.1, -0.05) is 74.0 Å². The molecule has 0 radical (unpaired) electrons. The zero-order valence-electron chi connectivity index (χ0n) is 29.1. The van der Waals surface area contributed by atoms with Crippen molar-refractivity contribution in [2.45, 2.75) is 137 Å². The fraction of sp³-hybridized carbons (Fsp3) is 0.889. The molecule has 0 aromatic heterocycles. The van der Waals surface area contributed by atoms with E-state index in [0.29, 0.717) is 19.3 Å². The maximum absolute atomic E-state index is 14.3. The third kappa shape index (κ3) is 4.75. The molecule has 0 spiro atoms. The summed E-state index contributed by atoms with van der Waals surface area (Å²) in [6, 6.07) is 0. The van der Waals surface area contributed by atoms with E-state index in [9.17, 15) is 40.2 Å². The molecule has 0 unspecified atom stereocenters. The minimum absolute atomic E-state index is 0.0249. The van der Waals surface area contributed by atoms with Crippen LogP contribution in [0, 0.1) is 56.7 Å². The van der Waals surface area contributed by atoms with Gasteiger partial charge < -0.3 is 40.1 Å². The number of aliphatic hydroxyl groups is 5. The third-order valence-electron chi connectivity index (χ3n) is 14.7. The molecule has 0 aromatic rings. The van der Waals surface area contributed by atoms with Gasteiger partial charge in [-0.2, -0.15) is 0 Å². The molecule has 4 aliphatic carbocycles. The fourth-order valence-corrected chi connectivity index (χ4v) is 11.5. The van der Waals surface area contributed by atoms with E-state index in [1.165, 1.54) is 5.57 Å². The number of ether oxygens (including phenoxy) is 2. The van der Waals surface area contributed by atoms with Crippen LogP contribution < -0.4 is 0 Å². The van der Waals surface area contributed by atoms with Gasteiger partial charge in [-0.3, -0.25) is 9.59 Å². The zero-order valence-corrected chi connectivity index (χ0v) is 29.1. The number of rotatable bonds is 6. The van der Waals surface area contributed by atoms with E-state index in [2.05, 4.69) is 40.7 Å². The summed E-state index contributed by atoms with van der Waals surface area (Å²) >= 11 is 0. The smallest absolute Gasteiger partial charge is 0.308 e. The number of ketones is 1. The van der Waals surface area contributed by atoms with E-state index in [4.69, 9.17) is 9.47 Å². The van der Waals surface area contributed by atoms with Crippen molar-refractivity contribution in [3.05, 3.63) is 11.6 Å². The van der Waals surface area contributed by atoms with Crippen LogP contribution in [0.2, 0.25) is 0 Å². The molecule has 1 aliphatic heterocycles. The Labute approximate surface area is 273 Å². The van der Waals surface area contributed by atoms with E-state index in [1.54, 1.807) is 0 Å². The minimum atomic E-state index is -1.58. The SMILES string of the molecule is CC(C)[C@@H](C)[C@@]1(C)C(=O)C[C@]2(C)[C@H]3CC[C@@H]4C(C)(C)[C@@H](O[C@@H]5O[C@H](CO)[C@@H](O)[C@H](O)[C@H]5O)[C@H](O)C[C@]4(C)C3=CC[C@@]2(C)[C@@H]1C(=O)O. The van der Waals surface area contributed by atoms with Crippen LogP contribution in [0.25, 0.3) is 0 Å². The number of Topliss-reactive ketones (excluding diaryl/α,β-unsaturated/α-hetero) is 1. The molecule has 6 N–H and O–H groups in total. The second-order valence-electron chi connectivity index (χ2n) is 17.3. The number of allylic oxidation sites excluding steroid dienone is 2. The fourth-order valence-electron chi connectivity index (χ4n) is 11.5. The maximum Gasteiger partial charge on any atom is 0.308 e. The first-order valence-corrected chi connectivity index (χ1v) is 17.2. The van der Waals surface area contributed by atoms with E-state index in [1.807, 2.05) is 27.7 Å². The number of aliphatic hydroxyl groups excluding tert-OH is 5. The first-order chi connectivity index (χ1) is 21.1. The molecule has 3 saturated carbocycles. The van der Waals surface area contributed by atoms with Crippen molar-refractivity contribution >= 4 is 11.8 Å². The van der Waals surface area contributed by atoms with Crippen LogP contribution >= 0.6 is 0 Å². The largest absolute Gasteiger partial charge is 0.481 e. The van der Waals surface area contributed by atoms with Gasteiger partial charge in [0, 0.05) is 11.8 Å². The van der Waals surface area contributed by atoms with Crippen LogP contribution in [0.5, 0.6) is 0 Å². The van der Waals surface area contributed by atoms with Gasteiger partial charge in [0.2, 0.25) is 0 Å². The first-order valence-electron chi connectivity index (χ1n) is 17.2. The Balaban J connectivity index is 1.50. The normalized spacial score (nSPS) is 51.0. The predicted molar refractivity (Wildman–Crippen MR) is 169 cm³/mol. The Kier molecular flexibility index (Phi) is 9.05. The number of hydrogen-bond acceptors (Lipinski definition) is 9. The van der Waals surface area contributed by atoms with Gasteiger partial charge in [-0.15, -0.1) is 0 Å². The first kappa shape index (κ1) is 35.9. The molecule has 1 saturated heterocycles. The summed E-state index contributed by atoms with van der Waals surface area (Å²) < 4.78 is 11.9. The molecule has 5 aliphatic rings. The molecule has 1 heterocycles. The Morgan fingerprint density at radius 1 is 0.978 bits per heavy atom. The van der Waals surface area contributed by atoms with Crippen LogP contribution in [0.3, 0.4) is 0 Å². The number of carboxylic acid groups (broad SMARTS) is 1. The summed E-state index contributed by atoms with van der Waals surface area (Å²) in [5, 5.41) is 63.5. The molecule has 4 fully saturated rings. The standard InChI is InChI=1S/C36H58O10/c1-17(2)18(3)36(9)24(39)15-35(8)20-10-11-23-32(4,5)29(46-31-27(42)26(41)25(40)22(16-37)45-31)21(38)14-33(23,6)19(20)12-13-34(35,7)28(36)30(43)44/h12,17-18,20-23,25-29,31,37-38,40-42H,10-11,13-16H2,1-9H3,(H,43,44)/t18-,20+,21-,22-,23-,25-,26+,27-,28+,29+,31+,33-,34+,35-,36+/m1/s1. The van der Waals surface area contributed by atoms with Gasteiger partial charge in [0.05, 0.1) is 24.7 Å². The van der Waals surface area contributed by atoms with E-state index in [-0.39, 0.29) is 29.5 Å². The van der Waals surface area contributed by atoms with E-state index < -0.39 is 88.5 Å². The number of aliphatic carboxylic acids is 1. The quantitative estimate of drug-likeness (QED) is 0.185. The second-order valence-corrected chi connectivity index (χ2v) is 17.3. The molecular formula is C36H58O10. The number of carboxylic acids is 1. The van der Waals surface area contributed by atoms with Crippen LogP contribution in [0.1, 0.15) is 94.4 Å². The van der Waals surface area contributed by atoms with Gasteiger partial charge in [0.25, 0.3) is 0 Å². The molecular weight excluding hydrogens is 592 g/mol. The van der Waals surface area contributed by atoms with Crippen LogP contribution in [0.4, 0.5) is 0 Å². The molecule has 46 heavy (non-hydrogen) atoms. The molecule has 0 aromatic carbocycles. The van der Waals surface area contributed by atoms with Crippen LogP contribution in [-0.4, -0.2) is 91.9 Å². The second kappa shape index (κ2) is 11.6. The molecule has 0 amide bonds. The van der Waals surface area contributed by atoms with Gasteiger partial charge in [0.15, 0.2) is 6.29 Å². The van der Waals surface area contributed by atoms with Gasteiger partial charge in [0.1, 0.15) is 30.2 Å². The minimum Gasteiger partial charge on any atom is -0.481 e. The van der Waals surface area contributed by atoms with Gasteiger partial charge in [-0.25, -0.2) is 0 Å². The highest BCUT2D eigenvalue weighted by atomic mass is 16.7. The van der Waals surface area contributed by atoms with Crippen molar-refractivity contribution in [2.24, 2.45) is 56.7 Å². The topological polar surface area (TPSA) is 174 Å². The van der Waals surface area contributed by atoms with Crippen LogP contribution in [-0.2, 0) is 19.1 Å². The van der Waals surface area contributed by atoms with Gasteiger partial charge >= 0.3 is 5.97 Å². The van der Waals surface area contributed by atoms with E-state index in [0.717, 1.165) is 12.8 Å². The van der Waals surface area contributed by atoms with Crippen molar-refractivity contribution < 1.29 is 49.7 Å². The lowest BCUT2D eigenvalue weighted by Gasteiger charge is -2.69. The van der Waals surface area contributed by atoms with Crippen LogP contribution in [0.15, 0.2) is 11.6 Å². The number of fused-ring (bicyclic) bond motifs is 5. The third-order valence-corrected chi connectivity index (χ3v) is 14.7. The molecule has 10 nitrogen and oxygen atoms in total. The Hall–Kier alpha value is -1.40. The lowest BCUT2D eigenvalue weighted by Crippen LogP contribution is -2.68. The number of carbonyl (C=O) groups is 2. The summed E-state index contributed by atoms with van der Waals surface area (Å²) in [6.07, 6.45) is -3.90. The molecule has 15 atom stereocenters. The molecule has 0 bridgehead atoms. The summed E-state index contributed by atoms with van der Waals surface area (Å²) in [5.74, 6) is -1.65. The maximum atomic E-state index is 14.3. The van der Waals surface area contributed by atoms with Crippen molar-refractivity contribution in [3.8, 4) is 0 Å². The average molecular weight is 651 g/mol. The Morgan fingerprint density at radius 2 is 1.61 bits per heavy atom. The predicted octanol–water partition coefficient (Wildman–Crippen LogP) is 3.31. The molecule has 5 rings (SSSR count). The highest BCUT2D eigenvalue weighted by molar-refractivity contribution is 5.92. The highest BCUT2D eigenvalue weighted by Gasteiger charge is 2.72. The summed E-state index contributed by atoms with van der Waals surface area (Å²) in [7, 11) is 0. The number of hydrogen-bond donors (Lipinski definition) is 6. The van der Waals surface area contributed by atoms with E-state index >= 15 is 0 Å².